The number of hydrogen-bond acceptors (Lipinski definition) is 5. The van der Waals surface area contributed by atoms with Gasteiger partial charge in [0.15, 0.2) is 0 Å². The second-order valence-corrected chi connectivity index (χ2v) is 9.09. The number of rotatable bonds is 3. The number of fused-ring (bicyclic) bond motifs is 1. The molecule has 2 aliphatic rings. The second-order valence-electron chi connectivity index (χ2n) is 7.11. The molecule has 0 radical (unpaired) electrons. The highest BCUT2D eigenvalue weighted by Crippen LogP contribution is 2.46. The van der Waals surface area contributed by atoms with Gasteiger partial charge in [-0.3, -0.25) is 9.89 Å². The Labute approximate surface area is 152 Å². The van der Waals surface area contributed by atoms with Gasteiger partial charge in [-0.15, -0.1) is 0 Å². The van der Waals surface area contributed by atoms with Crippen LogP contribution in [0.3, 0.4) is 0 Å². The van der Waals surface area contributed by atoms with Crippen LogP contribution in [-0.2, 0) is 15.4 Å². The average Bonchev–Trinajstić information content (AvgIpc) is 3.29. The van der Waals surface area contributed by atoms with Crippen LogP contribution in [0, 0.1) is 5.92 Å². The summed E-state index contributed by atoms with van der Waals surface area (Å²) < 4.78 is 25.9. The standard InChI is InChI=1S/C17H21N5O3S/c1-26(24,25)22-10-14-9-21(16(23)15-18-12-19-20-15)8-7-17(14,11-22)13-5-3-2-4-6-13/h2-6,12,14H,7-11H2,1H3,(H,18,19,20)/t14-,17-/m1/s1. The number of amides is 1. The number of carbonyl (C=O) groups is 1. The number of benzene rings is 1. The highest BCUT2D eigenvalue weighted by atomic mass is 32.2. The molecular formula is C17H21N5O3S. The molecule has 1 aromatic heterocycles. The Kier molecular flexibility index (Phi) is 4.07. The van der Waals surface area contributed by atoms with Crippen molar-refractivity contribution in [2.45, 2.75) is 11.8 Å². The van der Waals surface area contributed by atoms with Crippen molar-refractivity contribution in [3.63, 3.8) is 0 Å². The molecule has 2 aliphatic heterocycles. The Bertz CT molecular complexity index is 900. The lowest BCUT2D eigenvalue weighted by atomic mass is 9.68. The Hall–Kier alpha value is -2.26. The van der Waals surface area contributed by atoms with E-state index in [0.29, 0.717) is 32.6 Å². The van der Waals surface area contributed by atoms with E-state index in [-0.39, 0.29) is 23.1 Å². The Morgan fingerprint density at radius 3 is 2.69 bits per heavy atom. The highest BCUT2D eigenvalue weighted by Gasteiger charge is 2.53. The first kappa shape index (κ1) is 17.2. The first-order valence-corrected chi connectivity index (χ1v) is 10.4. The predicted molar refractivity (Wildman–Crippen MR) is 94.9 cm³/mol. The molecule has 26 heavy (non-hydrogen) atoms. The number of nitrogens with zero attached hydrogens (tertiary/aromatic N) is 4. The van der Waals surface area contributed by atoms with Gasteiger partial charge in [-0.25, -0.2) is 17.7 Å². The van der Waals surface area contributed by atoms with Gasteiger partial charge in [0.05, 0.1) is 6.26 Å². The minimum Gasteiger partial charge on any atom is -0.336 e. The summed E-state index contributed by atoms with van der Waals surface area (Å²) in [5.74, 6) is 0.0670. The number of hydrogen-bond donors (Lipinski definition) is 1. The van der Waals surface area contributed by atoms with E-state index < -0.39 is 10.0 Å². The van der Waals surface area contributed by atoms with Crippen LogP contribution in [-0.4, -0.2) is 71.1 Å². The smallest absolute Gasteiger partial charge is 0.291 e. The van der Waals surface area contributed by atoms with Crippen molar-refractivity contribution in [1.82, 2.24) is 24.4 Å². The summed E-state index contributed by atoms with van der Waals surface area (Å²) in [5, 5.41) is 6.35. The van der Waals surface area contributed by atoms with Crippen LogP contribution in [0.5, 0.6) is 0 Å². The third-order valence-electron chi connectivity index (χ3n) is 5.66. The SMILES string of the molecule is CS(=O)(=O)N1C[C@H]2CN(C(=O)c3ncn[nH]3)CC[C@]2(c2ccccc2)C1. The highest BCUT2D eigenvalue weighted by molar-refractivity contribution is 7.88. The Balaban J connectivity index is 1.66. The van der Waals surface area contributed by atoms with Gasteiger partial charge in [-0.2, -0.15) is 5.10 Å². The molecule has 1 amide bonds. The largest absolute Gasteiger partial charge is 0.336 e. The lowest BCUT2D eigenvalue weighted by Crippen LogP contribution is -2.51. The van der Waals surface area contributed by atoms with E-state index in [1.807, 2.05) is 18.2 Å². The zero-order valence-electron chi connectivity index (χ0n) is 14.5. The number of piperidine rings is 1. The second kappa shape index (κ2) is 6.17. The van der Waals surface area contributed by atoms with E-state index in [2.05, 4.69) is 27.3 Å². The Morgan fingerprint density at radius 2 is 2.04 bits per heavy atom. The summed E-state index contributed by atoms with van der Waals surface area (Å²) in [6.07, 6.45) is 3.28. The molecule has 2 aromatic rings. The summed E-state index contributed by atoms with van der Waals surface area (Å²) in [6, 6.07) is 10.0. The van der Waals surface area contributed by atoms with E-state index in [0.717, 1.165) is 5.56 Å². The van der Waals surface area contributed by atoms with Crippen molar-refractivity contribution < 1.29 is 13.2 Å². The van der Waals surface area contributed by atoms with Gasteiger partial charge in [-0.05, 0) is 12.0 Å². The normalized spacial score (nSPS) is 26.7. The minimum absolute atomic E-state index is 0.0419. The number of H-pyrrole nitrogens is 1. The maximum absolute atomic E-state index is 12.6. The van der Waals surface area contributed by atoms with E-state index in [1.165, 1.54) is 12.6 Å². The van der Waals surface area contributed by atoms with Crippen molar-refractivity contribution in [3.05, 3.63) is 48.0 Å². The molecule has 0 saturated carbocycles. The molecule has 0 unspecified atom stereocenters. The molecule has 0 bridgehead atoms. The molecule has 2 fully saturated rings. The molecule has 1 aromatic carbocycles. The van der Waals surface area contributed by atoms with Gasteiger partial charge in [0.2, 0.25) is 15.8 Å². The fourth-order valence-electron chi connectivity index (χ4n) is 4.27. The molecule has 3 heterocycles. The van der Waals surface area contributed by atoms with Crippen molar-refractivity contribution in [2.75, 3.05) is 32.4 Å². The number of aromatic nitrogens is 3. The molecule has 0 aliphatic carbocycles. The molecule has 8 nitrogen and oxygen atoms in total. The van der Waals surface area contributed by atoms with Gasteiger partial charge >= 0.3 is 0 Å². The zero-order chi connectivity index (χ0) is 18.4. The van der Waals surface area contributed by atoms with Crippen molar-refractivity contribution in [1.29, 1.82) is 0 Å². The van der Waals surface area contributed by atoms with Crippen LogP contribution in [0.15, 0.2) is 36.7 Å². The van der Waals surface area contributed by atoms with Gasteiger partial charge < -0.3 is 4.90 Å². The molecule has 2 atom stereocenters. The molecule has 2 saturated heterocycles. The molecule has 9 heteroatoms. The zero-order valence-corrected chi connectivity index (χ0v) is 15.3. The molecule has 4 rings (SSSR count). The van der Waals surface area contributed by atoms with Crippen LogP contribution < -0.4 is 0 Å². The summed E-state index contributed by atoms with van der Waals surface area (Å²) in [4.78, 5) is 18.3. The van der Waals surface area contributed by atoms with E-state index in [1.54, 1.807) is 9.21 Å². The summed E-state index contributed by atoms with van der Waals surface area (Å²) in [5.41, 5.74) is 0.880. The predicted octanol–water partition coefficient (Wildman–Crippen LogP) is 0.480. The van der Waals surface area contributed by atoms with Crippen LogP contribution >= 0.6 is 0 Å². The van der Waals surface area contributed by atoms with Gasteiger partial charge in [0.1, 0.15) is 6.33 Å². The topological polar surface area (TPSA) is 99.3 Å². The van der Waals surface area contributed by atoms with Crippen LogP contribution in [0.1, 0.15) is 22.6 Å². The number of likely N-dealkylation sites (tertiary alicyclic amines) is 1. The quantitative estimate of drug-likeness (QED) is 0.841. The monoisotopic (exact) mass is 375 g/mol. The maximum Gasteiger partial charge on any atom is 0.291 e. The van der Waals surface area contributed by atoms with E-state index in [4.69, 9.17) is 0 Å². The minimum atomic E-state index is -3.29. The number of sulfonamides is 1. The third kappa shape index (κ3) is 2.80. The number of nitrogens with one attached hydrogen (secondary N) is 1. The number of aromatic amines is 1. The summed E-state index contributed by atoms with van der Waals surface area (Å²) in [6.45, 7) is 1.95. The fourth-order valence-corrected chi connectivity index (χ4v) is 5.19. The number of carbonyl (C=O) groups excluding carboxylic acids is 1. The van der Waals surface area contributed by atoms with E-state index >= 15 is 0 Å². The van der Waals surface area contributed by atoms with Gasteiger partial charge in [0, 0.05) is 37.5 Å². The Morgan fingerprint density at radius 1 is 1.27 bits per heavy atom. The van der Waals surface area contributed by atoms with Crippen molar-refractivity contribution in [2.24, 2.45) is 5.92 Å². The fraction of sp³-hybridized carbons (Fsp3) is 0.471. The molecule has 138 valence electrons. The molecule has 0 spiro atoms. The van der Waals surface area contributed by atoms with Gasteiger partial charge in [-0.1, -0.05) is 30.3 Å². The van der Waals surface area contributed by atoms with Crippen molar-refractivity contribution >= 4 is 15.9 Å². The lowest BCUT2D eigenvalue weighted by Gasteiger charge is -2.43. The van der Waals surface area contributed by atoms with Crippen molar-refractivity contribution in [3.8, 4) is 0 Å². The summed E-state index contributed by atoms with van der Waals surface area (Å²) >= 11 is 0. The van der Waals surface area contributed by atoms with Gasteiger partial charge in [0.25, 0.3) is 5.91 Å². The summed E-state index contributed by atoms with van der Waals surface area (Å²) in [7, 11) is -3.29. The van der Waals surface area contributed by atoms with E-state index in [9.17, 15) is 13.2 Å². The molecular weight excluding hydrogens is 354 g/mol. The average molecular weight is 375 g/mol. The third-order valence-corrected chi connectivity index (χ3v) is 6.87. The molecule has 1 N–H and O–H groups in total. The van der Waals surface area contributed by atoms with Crippen LogP contribution in [0.4, 0.5) is 0 Å². The first-order valence-electron chi connectivity index (χ1n) is 8.55. The van der Waals surface area contributed by atoms with Crippen LogP contribution in [0.25, 0.3) is 0 Å². The first-order chi connectivity index (χ1) is 12.4. The lowest BCUT2D eigenvalue weighted by molar-refractivity contribution is 0.0591. The van der Waals surface area contributed by atoms with Crippen LogP contribution in [0.2, 0.25) is 0 Å². The maximum atomic E-state index is 12.6.